The summed E-state index contributed by atoms with van der Waals surface area (Å²) in [7, 11) is 2.23. The third-order valence-corrected chi connectivity index (χ3v) is 3.81. The van der Waals surface area contributed by atoms with E-state index < -0.39 is 0 Å². The monoisotopic (exact) mass is 182 g/mol. The molecule has 1 saturated heterocycles. The Morgan fingerprint density at radius 2 is 1.62 bits per heavy atom. The molecule has 2 bridgehead atoms. The van der Waals surface area contributed by atoms with Crippen molar-refractivity contribution in [1.29, 1.82) is 0 Å². The summed E-state index contributed by atoms with van der Waals surface area (Å²) in [6, 6.07) is 0.476. The molecule has 13 heavy (non-hydrogen) atoms. The molecule has 0 aromatic carbocycles. The predicted octanol–water partition coefficient (Wildman–Crippen LogP) is 1.31. The number of hydrogen-bond donors (Lipinski definition) is 1. The van der Waals surface area contributed by atoms with Crippen LogP contribution in [0.15, 0.2) is 0 Å². The number of likely N-dealkylation sites (tertiary alicyclic amines) is 1. The van der Waals surface area contributed by atoms with E-state index in [1.54, 1.807) is 0 Å². The van der Waals surface area contributed by atoms with Crippen molar-refractivity contribution in [3.8, 4) is 0 Å². The van der Waals surface area contributed by atoms with Crippen LogP contribution in [0.5, 0.6) is 0 Å². The standard InChI is InChI=1S/C11H22N2/c1-11(2)4-8-6-13(3)7-9(5-11)10(8)12/h8-10H,4-7,12H2,1-3H3. The molecule has 2 N–H and O–H groups in total. The molecule has 0 radical (unpaired) electrons. The van der Waals surface area contributed by atoms with Gasteiger partial charge in [0.2, 0.25) is 0 Å². The first kappa shape index (κ1) is 9.47. The summed E-state index contributed by atoms with van der Waals surface area (Å²) in [5.74, 6) is 1.49. The van der Waals surface area contributed by atoms with Crippen LogP contribution >= 0.6 is 0 Å². The minimum absolute atomic E-state index is 0.476. The smallest absolute Gasteiger partial charge is 0.0120 e. The molecule has 2 rings (SSSR count). The van der Waals surface area contributed by atoms with Crippen LogP contribution in [0.4, 0.5) is 0 Å². The topological polar surface area (TPSA) is 29.3 Å². The Labute approximate surface area is 81.5 Å². The highest BCUT2D eigenvalue weighted by atomic mass is 15.1. The lowest BCUT2D eigenvalue weighted by molar-refractivity contribution is 0.0178. The molecule has 2 unspecified atom stereocenters. The fraction of sp³-hybridized carbons (Fsp3) is 1.00. The molecule has 2 atom stereocenters. The molecule has 0 amide bonds. The molecule has 1 aliphatic carbocycles. The van der Waals surface area contributed by atoms with Crippen LogP contribution in [0.2, 0.25) is 0 Å². The summed E-state index contributed by atoms with van der Waals surface area (Å²) in [6.45, 7) is 7.20. The van der Waals surface area contributed by atoms with Crippen LogP contribution in [-0.4, -0.2) is 31.1 Å². The zero-order chi connectivity index (χ0) is 9.64. The van der Waals surface area contributed by atoms with Crippen LogP contribution in [0.3, 0.4) is 0 Å². The summed E-state index contributed by atoms with van der Waals surface area (Å²) >= 11 is 0. The molecule has 2 fully saturated rings. The second-order valence-corrected chi connectivity index (χ2v) is 5.89. The molecule has 1 saturated carbocycles. The van der Waals surface area contributed by atoms with E-state index in [-0.39, 0.29) is 0 Å². The zero-order valence-electron chi connectivity index (χ0n) is 9.09. The molecular weight excluding hydrogens is 160 g/mol. The van der Waals surface area contributed by atoms with Crippen LogP contribution < -0.4 is 5.73 Å². The third-order valence-electron chi connectivity index (χ3n) is 3.81. The van der Waals surface area contributed by atoms with Crippen molar-refractivity contribution in [2.75, 3.05) is 20.1 Å². The van der Waals surface area contributed by atoms with Crippen molar-refractivity contribution in [3.63, 3.8) is 0 Å². The van der Waals surface area contributed by atoms with Gasteiger partial charge in [0, 0.05) is 19.1 Å². The van der Waals surface area contributed by atoms with Crippen LogP contribution in [-0.2, 0) is 0 Å². The zero-order valence-corrected chi connectivity index (χ0v) is 9.09. The van der Waals surface area contributed by atoms with Gasteiger partial charge in [0.15, 0.2) is 0 Å². The normalized spacial score (nSPS) is 44.8. The van der Waals surface area contributed by atoms with Crippen molar-refractivity contribution >= 4 is 0 Å². The molecule has 2 heteroatoms. The second kappa shape index (κ2) is 2.96. The van der Waals surface area contributed by atoms with Crippen LogP contribution in [0.1, 0.15) is 26.7 Å². The number of fused-ring (bicyclic) bond motifs is 2. The van der Waals surface area contributed by atoms with Gasteiger partial charge >= 0.3 is 0 Å². The first-order valence-corrected chi connectivity index (χ1v) is 5.42. The highest BCUT2D eigenvalue weighted by Crippen LogP contribution is 2.43. The van der Waals surface area contributed by atoms with Gasteiger partial charge in [-0.15, -0.1) is 0 Å². The van der Waals surface area contributed by atoms with Gasteiger partial charge in [-0.3, -0.25) is 0 Å². The number of rotatable bonds is 0. The summed E-state index contributed by atoms with van der Waals surface area (Å²) < 4.78 is 0. The molecule has 2 aliphatic rings. The maximum absolute atomic E-state index is 6.24. The van der Waals surface area contributed by atoms with Crippen molar-refractivity contribution in [1.82, 2.24) is 4.90 Å². The Hall–Kier alpha value is -0.0800. The average molecular weight is 182 g/mol. The Morgan fingerprint density at radius 1 is 1.15 bits per heavy atom. The van der Waals surface area contributed by atoms with Crippen molar-refractivity contribution < 1.29 is 0 Å². The van der Waals surface area contributed by atoms with Gasteiger partial charge in [-0.2, -0.15) is 0 Å². The van der Waals surface area contributed by atoms with E-state index in [9.17, 15) is 0 Å². The molecule has 1 heterocycles. The maximum atomic E-state index is 6.24. The van der Waals surface area contributed by atoms with Crippen molar-refractivity contribution in [2.24, 2.45) is 23.0 Å². The number of piperidine rings is 1. The summed E-state index contributed by atoms with van der Waals surface area (Å²) in [4.78, 5) is 2.45. The van der Waals surface area contributed by atoms with Gasteiger partial charge in [-0.25, -0.2) is 0 Å². The first-order valence-electron chi connectivity index (χ1n) is 5.42. The number of hydrogen-bond acceptors (Lipinski definition) is 2. The van der Waals surface area contributed by atoms with E-state index in [1.165, 1.54) is 25.9 Å². The van der Waals surface area contributed by atoms with Gasteiger partial charge in [-0.05, 0) is 37.1 Å². The fourth-order valence-corrected chi connectivity index (χ4v) is 3.41. The van der Waals surface area contributed by atoms with E-state index in [2.05, 4.69) is 25.8 Å². The summed E-state index contributed by atoms with van der Waals surface area (Å²) in [6.07, 6.45) is 2.63. The maximum Gasteiger partial charge on any atom is 0.0120 e. The molecule has 0 aromatic heterocycles. The van der Waals surface area contributed by atoms with Gasteiger partial charge in [0.05, 0.1) is 0 Å². The largest absolute Gasteiger partial charge is 0.327 e. The van der Waals surface area contributed by atoms with E-state index in [0.29, 0.717) is 11.5 Å². The van der Waals surface area contributed by atoms with E-state index in [4.69, 9.17) is 5.73 Å². The number of nitrogens with zero attached hydrogens (tertiary/aromatic N) is 1. The van der Waals surface area contributed by atoms with Crippen molar-refractivity contribution in [3.05, 3.63) is 0 Å². The van der Waals surface area contributed by atoms with E-state index >= 15 is 0 Å². The minimum Gasteiger partial charge on any atom is -0.327 e. The predicted molar refractivity (Wildman–Crippen MR) is 55.5 cm³/mol. The Bertz CT molecular complexity index is 182. The SMILES string of the molecule is CN1CC2CC(C)(C)CC(C1)C2N. The second-order valence-electron chi connectivity index (χ2n) is 5.89. The van der Waals surface area contributed by atoms with E-state index in [0.717, 1.165) is 11.8 Å². The van der Waals surface area contributed by atoms with E-state index in [1.807, 2.05) is 0 Å². The van der Waals surface area contributed by atoms with Gasteiger partial charge < -0.3 is 10.6 Å². The van der Waals surface area contributed by atoms with Gasteiger partial charge in [0.1, 0.15) is 0 Å². The average Bonchev–Trinajstić information content (AvgIpc) is 1.94. The lowest BCUT2D eigenvalue weighted by atomic mass is 9.63. The first-order chi connectivity index (χ1) is 5.98. The van der Waals surface area contributed by atoms with Crippen LogP contribution in [0, 0.1) is 17.3 Å². The summed E-state index contributed by atoms with van der Waals surface area (Å²) in [5, 5.41) is 0. The van der Waals surface area contributed by atoms with Gasteiger partial charge in [-0.1, -0.05) is 13.8 Å². The fourth-order valence-electron chi connectivity index (χ4n) is 3.41. The molecule has 0 aromatic rings. The molecule has 1 aliphatic heterocycles. The van der Waals surface area contributed by atoms with Crippen LogP contribution in [0.25, 0.3) is 0 Å². The Morgan fingerprint density at radius 3 is 2.08 bits per heavy atom. The molecule has 0 spiro atoms. The van der Waals surface area contributed by atoms with Gasteiger partial charge in [0.25, 0.3) is 0 Å². The van der Waals surface area contributed by atoms with Crippen molar-refractivity contribution in [2.45, 2.75) is 32.7 Å². The molecule has 2 nitrogen and oxygen atoms in total. The highest BCUT2D eigenvalue weighted by Gasteiger charge is 2.42. The quantitative estimate of drug-likeness (QED) is 0.612. The lowest BCUT2D eigenvalue weighted by Gasteiger charge is -2.50. The highest BCUT2D eigenvalue weighted by molar-refractivity contribution is 4.97. The third kappa shape index (κ3) is 1.75. The minimum atomic E-state index is 0.476. The lowest BCUT2D eigenvalue weighted by Crippen LogP contribution is -2.57. The Balaban J connectivity index is 2.13. The molecular formula is C11H22N2. The molecule has 76 valence electrons. The Kier molecular flexibility index (Phi) is 2.16. The number of nitrogens with two attached hydrogens (primary N) is 1. The summed E-state index contributed by atoms with van der Waals surface area (Å²) in [5.41, 5.74) is 6.78.